The van der Waals surface area contributed by atoms with E-state index in [0.717, 1.165) is 44.5 Å². The number of hydrogen-bond acceptors (Lipinski definition) is 5. The lowest BCUT2D eigenvalue weighted by atomic mass is 10.1. The van der Waals surface area contributed by atoms with E-state index in [4.69, 9.17) is 5.73 Å². The Morgan fingerprint density at radius 3 is 1.91 bits per heavy atom. The molecular formula is C25H26F3N5O2. The Balaban J connectivity index is 0.000000320. The highest BCUT2D eigenvalue weighted by Gasteiger charge is 2.32. The lowest BCUT2D eigenvalue weighted by molar-refractivity contribution is -0.137. The second-order valence-corrected chi connectivity index (χ2v) is 7.95. The summed E-state index contributed by atoms with van der Waals surface area (Å²) in [6.07, 6.45) is 4.65. The van der Waals surface area contributed by atoms with E-state index < -0.39 is 17.6 Å². The number of halogens is 3. The minimum absolute atomic E-state index is 0.267. The van der Waals surface area contributed by atoms with E-state index in [9.17, 15) is 22.8 Å². The molecule has 0 atom stereocenters. The van der Waals surface area contributed by atoms with Crippen molar-refractivity contribution in [2.75, 3.05) is 29.9 Å². The summed E-state index contributed by atoms with van der Waals surface area (Å²) in [6.45, 7) is 1.55. The van der Waals surface area contributed by atoms with Crippen molar-refractivity contribution in [3.63, 3.8) is 0 Å². The quantitative estimate of drug-likeness (QED) is 0.586. The van der Waals surface area contributed by atoms with E-state index >= 15 is 0 Å². The van der Waals surface area contributed by atoms with E-state index in [1.807, 2.05) is 0 Å². The Labute approximate surface area is 201 Å². The highest BCUT2D eigenvalue weighted by Crippen LogP contribution is 2.38. The highest BCUT2D eigenvalue weighted by molar-refractivity contribution is 6.07. The number of piperidine rings is 1. The maximum Gasteiger partial charge on any atom is 0.416 e. The molecule has 0 radical (unpaired) electrons. The van der Waals surface area contributed by atoms with Crippen LogP contribution in [0.3, 0.4) is 0 Å². The molecule has 3 heterocycles. The molecule has 2 amide bonds. The number of aromatic nitrogens is 2. The van der Waals surface area contributed by atoms with Crippen molar-refractivity contribution in [3.8, 4) is 0 Å². The zero-order valence-corrected chi connectivity index (χ0v) is 19.2. The van der Waals surface area contributed by atoms with Crippen LogP contribution in [0.1, 0.15) is 45.5 Å². The molecule has 1 saturated heterocycles. The van der Waals surface area contributed by atoms with Gasteiger partial charge in [-0.15, -0.1) is 0 Å². The number of alkyl halides is 3. The highest BCUT2D eigenvalue weighted by atomic mass is 19.4. The monoisotopic (exact) mass is 485 g/mol. The van der Waals surface area contributed by atoms with Crippen LogP contribution in [0.5, 0.6) is 0 Å². The smallest absolute Gasteiger partial charge is 0.370 e. The Hall–Kier alpha value is -3.95. The second kappa shape index (κ2) is 11.5. The number of hydrogen-bond donors (Lipinski definition) is 1. The maximum absolute atomic E-state index is 13.2. The molecule has 184 valence electrons. The van der Waals surface area contributed by atoms with Gasteiger partial charge in [-0.2, -0.15) is 13.2 Å². The number of carbonyl (C=O) groups is 2. The maximum atomic E-state index is 13.2. The minimum Gasteiger partial charge on any atom is -0.370 e. The Morgan fingerprint density at radius 2 is 1.43 bits per heavy atom. The third-order valence-electron chi connectivity index (χ3n) is 5.56. The number of pyridine rings is 2. The van der Waals surface area contributed by atoms with Gasteiger partial charge in [0.25, 0.3) is 5.91 Å². The number of benzene rings is 1. The summed E-state index contributed by atoms with van der Waals surface area (Å²) >= 11 is 0. The van der Waals surface area contributed by atoms with E-state index in [2.05, 4.69) is 14.9 Å². The van der Waals surface area contributed by atoms with Gasteiger partial charge in [-0.1, -0.05) is 0 Å². The fraction of sp³-hybridized carbons (Fsp3) is 0.280. The van der Waals surface area contributed by atoms with Crippen molar-refractivity contribution in [2.45, 2.75) is 25.4 Å². The molecule has 1 fully saturated rings. The van der Waals surface area contributed by atoms with Gasteiger partial charge in [-0.05, 0) is 61.7 Å². The van der Waals surface area contributed by atoms with Crippen LogP contribution in [0.25, 0.3) is 0 Å². The van der Waals surface area contributed by atoms with Gasteiger partial charge in [-0.25, -0.2) is 0 Å². The van der Waals surface area contributed by atoms with Crippen molar-refractivity contribution in [1.29, 1.82) is 0 Å². The second-order valence-electron chi connectivity index (χ2n) is 7.95. The van der Waals surface area contributed by atoms with E-state index in [1.54, 1.807) is 24.3 Å². The van der Waals surface area contributed by atoms with Gasteiger partial charge in [0, 0.05) is 56.1 Å². The van der Waals surface area contributed by atoms with E-state index in [1.165, 1.54) is 42.8 Å². The zero-order valence-electron chi connectivity index (χ0n) is 19.2. The fourth-order valence-corrected chi connectivity index (χ4v) is 3.68. The van der Waals surface area contributed by atoms with Gasteiger partial charge in [0.05, 0.1) is 16.9 Å². The van der Waals surface area contributed by atoms with Gasteiger partial charge < -0.3 is 15.5 Å². The van der Waals surface area contributed by atoms with Crippen molar-refractivity contribution in [2.24, 2.45) is 5.73 Å². The Kier molecular flexibility index (Phi) is 8.40. The van der Waals surface area contributed by atoms with Crippen LogP contribution < -0.4 is 15.5 Å². The largest absolute Gasteiger partial charge is 0.416 e. The summed E-state index contributed by atoms with van der Waals surface area (Å²) < 4.78 is 39.6. The van der Waals surface area contributed by atoms with Gasteiger partial charge >= 0.3 is 6.18 Å². The normalized spacial score (nSPS) is 13.4. The lowest BCUT2D eigenvalue weighted by Crippen LogP contribution is -2.33. The molecule has 4 rings (SSSR count). The average Bonchev–Trinajstić information content (AvgIpc) is 2.89. The van der Waals surface area contributed by atoms with Crippen molar-refractivity contribution in [3.05, 3.63) is 83.9 Å². The molecule has 7 nitrogen and oxygen atoms in total. The first-order valence-corrected chi connectivity index (χ1v) is 11.0. The molecule has 3 aromatic rings. The molecule has 2 aromatic heterocycles. The lowest BCUT2D eigenvalue weighted by Gasteiger charge is -2.33. The first-order chi connectivity index (χ1) is 16.7. The molecule has 0 spiro atoms. The van der Waals surface area contributed by atoms with Crippen LogP contribution in [0.15, 0.2) is 67.3 Å². The predicted molar refractivity (Wildman–Crippen MR) is 127 cm³/mol. The first kappa shape index (κ1) is 25.7. The molecule has 0 unspecified atom stereocenters. The molecule has 0 aliphatic carbocycles. The summed E-state index contributed by atoms with van der Waals surface area (Å²) in [5.74, 6) is -0.789. The zero-order chi connectivity index (χ0) is 25.4. The molecule has 2 N–H and O–H groups in total. The molecule has 35 heavy (non-hydrogen) atoms. The Bertz CT molecular complexity index is 1130. The van der Waals surface area contributed by atoms with Crippen molar-refractivity contribution < 1.29 is 22.8 Å². The van der Waals surface area contributed by atoms with E-state index in [0.29, 0.717) is 16.8 Å². The summed E-state index contributed by atoms with van der Waals surface area (Å²) in [5.41, 5.74) is 5.98. The van der Waals surface area contributed by atoms with Crippen LogP contribution in [-0.4, -0.2) is 41.9 Å². The molecular weight excluding hydrogens is 459 g/mol. The van der Waals surface area contributed by atoms with E-state index in [-0.39, 0.29) is 11.6 Å². The summed E-state index contributed by atoms with van der Waals surface area (Å²) in [5, 5.41) is 0. The fourth-order valence-electron chi connectivity index (χ4n) is 3.68. The SMILES string of the molecule is CN(C(=O)c1ccncc1)c1cc(C(F)(F)F)ccc1N1CCCCC1.NC(=O)c1ccncc1. The number of nitrogens with two attached hydrogens (primary N) is 1. The van der Waals surface area contributed by atoms with Crippen molar-refractivity contribution in [1.82, 2.24) is 9.97 Å². The van der Waals surface area contributed by atoms with Crippen LogP contribution in [0.4, 0.5) is 24.5 Å². The summed E-state index contributed by atoms with van der Waals surface area (Å²) in [6, 6.07) is 9.85. The molecule has 1 aromatic carbocycles. The number of anilines is 2. The first-order valence-electron chi connectivity index (χ1n) is 11.0. The number of amides is 2. The van der Waals surface area contributed by atoms with Gasteiger partial charge in [0.2, 0.25) is 5.91 Å². The topological polar surface area (TPSA) is 92.4 Å². The van der Waals surface area contributed by atoms with Gasteiger partial charge in [-0.3, -0.25) is 19.6 Å². The molecule has 1 aliphatic rings. The van der Waals surface area contributed by atoms with Gasteiger partial charge in [0.15, 0.2) is 0 Å². The van der Waals surface area contributed by atoms with Crippen LogP contribution in [0, 0.1) is 0 Å². The molecule has 0 bridgehead atoms. The summed E-state index contributed by atoms with van der Waals surface area (Å²) in [7, 11) is 1.51. The van der Waals surface area contributed by atoms with Gasteiger partial charge in [0.1, 0.15) is 0 Å². The molecule has 10 heteroatoms. The van der Waals surface area contributed by atoms with Crippen molar-refractivity contribution >= 4 is 23.2 Å². The number of carbonyl (C=O) groups excluding carboxylic acids is 2. The number of nitrogens with zero attached hydrogens (tertiary/aromatic N) is 4. The van der Waals surface area contributed by atoms with Crippen LogP contribution >= 0.6 is 0 Å². The standard InChI is InChI=1S/C19H20F3N3O.C6H6N2O/c1-24(18(26)14-7-9-23-10-8-14)17-13-15(19(20,21)22)5-6-16(17)25-11-3-2-4-12-25;7-6(9)5-1-3-8-4-2-5/h5-10,13H,2-4,11-12H2,1H3;1-4H,(H2,7,9). The average molecular weight is 486 g/mol. The summed E-state index contributed by atoms with van der Waals surface area (Å²) in [4.78, 5) is 34.1. The van der Waals surface area contributed by atoms with Crippen LogP contribution in [-0.2, 0) is 6.18 Å². The Morgan fingerprint density at radius 1 is 0.886 bits per heavy atom. The number of primary amides is 1. The van der Waals surface area contributed by atoms with Crippen LogP contribution in [0.2, 0.25) is 0 Å². The minimum atomic E-state index is -4.46. The number of rotatable bonds is 4. The molecule has 0 saturated carbocycles. The molecule has 1 aliphatic heterocycles. The third kappa shape index (κ3) is 6.78. The third-order valence-corrected chi connectivity index (χ3v) is 5.56. The predicted octanol–water partition coefficient (Wildman–Crippen LogP) is 4.55.